The summed E-state index contributed by atoms with van der Waals surface area (Å²) in [5.74, 6) is -8.80. The molecule has 0 spiro atoms. The molecule has 0 heterocycles. The number of thiol groups is 1. The van der Waals surface area contributed by atoms with Crippen molar-refractivity contribution in [2.75, 3.05) is 158 Å². The van der Waals surface area contributed by atoms with Gasteiger partial charge in [-0.2, -0.15) is 0 Å². The zero-order valence-corrected chi connectivity index (χ0v) is 87.1. The summed E-state index contributed by atoms with van der Waals surface area (Å²) in [4.78, 5) is 196. The van der Waals surface area contributed by atoms with Crippen LogP contribution >= 0.6 is 12.8 Å². The number of ether oxygens (including phenoxy) is 8. The number of amides is 11. The summed E-state index contributed by atoms with van der Waals surface area (Å²) in [5, 5.41) is 76.6. The van der Waals surface area contributed by atoms with E-state index in [2.05, 4.69) is 76.0 Å². The van der Waals surface area contributed by atoms with Crippen molar-refractivity contribution in [1.29, 1.82) is 0 Å². The van der Waals surface area contributed by atoms with Gasteiger partial charge in [-0.25, -0.2) is 9.59 Å². The standard InChI is InChI=1S/C102H182N12O29S/c115-87(39-29-25-21-17-13-9-5-1-3-7-11-15-19-23-27-31-41-95(123)124)109-73-79-43-47-81(48-44-79)97(127)112-84(100(130)131)51-53-89(117)104-57-61-136-65-70-141-76-92(120)106-59-63-138-67-69-140-75-91(119)103-55-35-33-37-83(99(129)108-56-36-34-38-86(114-144)102(134)135)111-94(122)78-143-72-68-139-64-60-107-93(121)77-142-71-66-137-62-58-105-90(118)54-52-85(101(132)133)113-98(128)82-49-45-80(46-50-82)74-110-88(116)40-30-26-22-18-14-10-6-2-4-8-12-16-20-24-28-32-42-96(125)126/h79-86,114,144H,1-78H2,(H,103,119)(H,104,117)(H,105,118)(H,106,120)(H,107,121)(H,108,129)(H,109,115)(H,110,116)(H,111,122)(H,112,127)(H,113,128)(H,123,124)(H,125,126)(H,130,131)(H,132,133)(H,134,135)/t79-,80?,81-,82?,83-,84-,85-,86-/m0/s1. The molecule has 17 N–H and O–H groups in total. The highest BCUT2D eigenvalue weighted by Gasteiger charge is 2.33. The molecule has 0 aliphatic heterocycles. The number of unbranched alkanes of at least 4 members (excludes halogenated alkanes) is 32. The monoisotopic (exact) mass is 2070 g/mol. The van der Waals surface area contributed by atoms with Crippen LogP contribution in [-0.4, -0.2) is 303 Å². The second kappa shape index (κ2) is 91.9. The smallest absolute Gasteiger partial charge is 0.326 e. The number of nitrogens with one attached hydrogen (secondary N) is 12. The summed E-state index contributed by atoms with van der Waals surface area (Å²) in [6.45, 7) is 2.35. The van der Waals surface area contributed by atoms with Crippen LogP contribution in [-0.2, 0) is 115 Å². The van der Waals surface area contributed by atoms with Crippen LogP contribution in [0.15, 0.2) is 0 Å². The Labute approximate surface area is 859 Å². The van der Waals surface area contributed by atoms with Gasteiger partial charge in [-0.3, -0.25) is 71.8 Å². The summed E-state index contributed by atoms with van der Waals surface area (Å²) in [5.41, 5.74) is 0. The lowest BCUT2D eigenvalue weighted by molar-refractivity contribution is -0.143. The zero-order valence-electron chi connectivity index (χ0n) is 86.3. The number of aliphatic carboxylic acids is 5. The first-order valence-corrected chi connectivity index (χ1v) is 54.4. The van der Waals surface area contributed by atoms with Crippen LogP contribution in [0.3, 0.4) is 0 Å². The quantitative estimate of drug-likeness (QED) is 0.0199. The van der Waals surface area contributed by atoms with E-state index in [4.69, 9.17) is 48.1 Å². The van der Waals surface area contributed by atoms with Gasteiger partial charge in [-0.15, -0.1) is 0 Å². The van der Waals surface area contributed by atoms with Gasteiger partial charge in [0.15, 0.2) is 0 Å². The third-order valence-corrected chi connectivity index (χ3v) is 25.8. The average Bonchev–Trinajstić information content (AvgIpc) is 0.869. The first-order chi connectivity index (χ1) is 69.8. The second-order valence-electron chi connectivity index (χ2n) is 37.9. The number of rotatable bonds is 100. The van der Waals surface area contributed by atoms with Crippen molar-refractivity contribution in [3.8, 4) is 0 Å². The van der Waals surface area contributed by atoms with Crippen molar-refractivity contribution in [1.82, 2.24) is 63.2 Å². The van der Waals surface area contributed by atoms with Crippen LogP contribution in [0.4, 0.5) is 0 Å². The number of carboxylic acid groups (broad SMARTS) is 5. The van der Waals surface area contributed by atoms with Gasteiger partial charge >= 0.3 is 29.8 Å². The second-order valence-corrected chi connectivity index (χ2v) is 38.1. The molecule has 0 aromatic rings. The van der Waals surface area contributed by atoms with Gasteiger partial charge < -0.3 is 122 Å². The fourth-order valence-corrected chi connectivity index (χ4v) is 17.1. The summed E-state index contributed by atoms with van der Waals surface area (Å²) < 4.78 is 45.9. The summed E-state index contributed by atoms with van der Waals surface area (Å²) in [6.07, 6.45) is 45.5. The maximum absolute atomic E-state index is 13.3. The maximum atomic E-state index is 13.3. The molecule has 0 radical (unpaired) electrons. The minimum atomic E-state index is -1.24. The number of carboxylic acids is 5. The average molecular weight is 2070 g/mol. The molecule has 2 rings (SSSR count). The Hall–Kier alpha value is -8.49. The Morgan fingerprint density at radius 1 is 0.229 bits per heavy atom. The topological polar surface area (TPSA) is 592 Å². The lowest BCUT2D eigenvalue weighted by atomic mass is 9.81. The van der Waals surface area contributed by atoms with Crippen LogP contribution in [0.5, 0.6) is 0 Å². The number of hydrogen-bond acceptors (Lipinski definition) is 26. The molecular formula is C102H182N12O29S. The Morgan fingerprint density at radius 3 is 0.785 bits per heavy atom. The summed E-state index contributed by atoms with van der Waals surface area (Å²) in [6, 6.07) is -4.29. The van der Waals surface area contributed by atoms with E-state index >= 15 is 0 Å². The SMILES string of the molecule is O=C(O)CCCCCCCCCCCCCCCCCCC(=O)NCC1CCC(C(=O)N[C@@H](CCC(=O)NCCOCCOCC(=O)NCCOCCOCC(=O)N[C@@H](CCCCNC(=O)COCCOCCNC(=O)COCCOCCNC(=O)CC[C@H](NC(=O)[C@H]2CC[C@H](CNC(=O)CCCCCCCCCCCCCCCCCCC(=O)O)CC2)C(=O)O)C(=O)NCCCC[C@H](NS)C(=O)O)C(=O)O)CC1. The summed E-state index contributed by atoms with van der Waals surface area (Å²) in [7, 11) is 0. The fourth-order valence-electron chi connectivity index (χ4n) is 16.8. The van der Waals surface area contributed by atoms with Crippen molar-refractivity contribution < 1.29 is 140 Å². The molecule has 2 saturated carbocycles. The highest BCUT2D eigenvalue weighted by molar-refractivity contribution is 7.78. The van der Waals surface area contributed by atoms with E-state index in [1.54, 1.807) is 0 Å². The number of hydrogen-bond donors (Lipinski definition) is 18. The minimum Gasteiger partial charge on any atom is -0.481 e. The van der Waals surface area contributed by atoms with E-state index in [0.717, 1.165) is 103 Å². The normalized spacial score (nSPS) is 15.3. The molecule has 0 saturated heterocycles. The Morgan fingerprint density at radius 2 is 0.486 bits per heavy atom. The van der Waals surface area contributed by atoms with Gasteiger partial charge in [0.25, 0.3) is 0 Å². The van der Waals surface area contributed by atoms with Crippen LogP contribution in [0.2, 0.25) is 0 Å². The molecule has 144 heavy (non-hydrogen) atoms. The third-order valence-electron chi connectivity index (χ3n) is 25.5. The van der Waals surface area contributed by atoms with E-state index in [1.807, 2.05) is 0 Å². The van der Waals surface area contributed by atoms with Crippen molar-refractivity contribution in [3.63, 3.8) is 0 Å². The molecule has 2 aliphatic carbocycles. The molecule has 2 fully saturated rings. The minimum absolute atomic E-state index is 0.0147. The Bertz CT molecular complexity index is 3470. The summed E-state index contributed by atoms with van der Waals surface area (Å²) >= 11 is 3.86. The lowest BCUT2D eigenvalue weighted by Gasteiger charge is -2.28. The molecule has 11 amide bonds. The number of carbonyl (C=O) groups is 16. The predicted octanol–water partition coefficient (Wildman–Crippen LogP) is 9.29. The molecule has 0 bridgehead atoms. The fraction of sp³-hybridized carbons (Fsp3) is 0.843. The largest absolute Gasteiger partial charge is 0.481 e. The van der Waals surface area contributed by atoms with E-state index in [1.165, 1.54) is 128 Å². The van der Waals surface area contributed by atoms with Crippen molar-refractivity contribution in [2.45, 2.75) is 371 Å². The highest BCUT2D eigenvalue weighted by Crippen LogP contribution is 2.31. The molecule has 0 aromatic carbocycles. The molecule has 0 aromatic heterocycles. The van der Waals surface area contributed by atoms with Crippen molar-refractivity contribution in [2.24, 2.45) is 23.7 Å². The molecule has 4 atom stereocenters. The first-order valence-electron chi connectivity index (χ1n) is 53.9. The van der Waals surface area contributed by atoms with Crippen molar-refractivity contribution >= 4 is 108 Å². The van der Waals surface area contributed by atoms with Gasteiger partial charge in [-0.05, 0) is 140 Å². The third kappa shape index (κ3) is 79.7. The molecule has 41 nitrogen and oxygen atoms in total. The molecule has 42 heteroatoms. The molecule has 0 unspecified atom stereocenters. The van der Waals surface area contributed by atoms with Gasteiger partial charge in [0.2, 0.25) is 65.0 Å². The maximum Gasteiger partial charge on any atom is 0.326 e. The van der Waals surface area contributed by atoms with Crippen LogP contribution in [0.25, 0.3) is 0 Å². The van der Waals surface area contributed by atoms with Gasteiger partial charge in [-0.1, -0.05) is 193 Å². The molecule has 830 valence electrons. The first kappa shape index (κ1) is 132. The lowest BCUT2D eigenvalue weighted by Crippen LogP contribution is -2.48. The van der Waals surface area contributed by atoms with Crippen LogP contribution in [0.1, 0.15) is 347 Å². The van der Waals surface area contributed by atoms with Crippen LogP contribution in [0, 0.1) is 23.7 Å². The number of carbonyl (C=O) groups excluding carboxylic acids is 11. The van der Waals surface area contributed by atoms with Gasteiger partial charge in [0.05, 0.1) is 79.3 Å². The predicted molar refractivity (Wildman–Crippen MR) is 544 cm³/mol. The molecule has 2 aliphatic rings. The van der Waals surface area contributed by atoms with E-state index in [9.17, 15) is 92.0 Å². The Kier molecular flexibility index (Phi) is 84.0. The highest BCUT2D eigenvalue weighted by atomic mass is 32.1. The van der Waals surface area contributed by atoms with Gasteiger partial charge in [0, 0.05) is 103 Å². The van der Waals surface area contributed by atoms with Crippen molar-refractivity contribution in [3.05, 3.63) is 0 Å². The molecular weight excluding hydrogens is 1890 g/mol. The zero-order chi connectivity index (χ0) is 105. The van der Waals surface area contributed by atoms with E-state index < -0.39 is 90.2 Å². The van der Waals surface area contributed by atoms with Crippen LogP contribution < -0.4 is 63.2 Å². The Balaban J connectivity index is 1.46. The van der Waals surface area contributed by atoms with Gasteiger partial charge in [0.1, 0.15) is 50.6 Å². The van der Waals surface area contributed by atoms with E-state index in [-0.39, 0.29) is 249 Å². The van der Waals surface area contributed by atoms with E-state index in [0.29, 0.717) is 77.3 Å².